The third-order valence-electron chi connectivity index (χ3n) is 4.36. The van der Waals surface area contributed by atoms with Crippen LogP contribution in [0.25, 0.3) is 6.08 Å². The van der Waals surface area contributed by atoms with Crippen molar-refractivity contribution >= 4 is 34.4 Å². The van der Waals surface area contributed by atoms with Gasteiger partial charge in [0.15, 0.2) is 0 Å². The van der Waals surface area contributed by atoms with Gasteiger partial charge in [0.05, 0.1) is 18.7 Å². The maximum absolute atomic E-state index is 12.4. The number of aliphatic hydroxyl groups excluding tert-OH is 1. The predicted molar refractivity (Wildman–Crippen MR) is 108 cm³/mol. The number of carboxylic acid groups (broad SMARTS) is 1. The molecule has 29 heavy (non-hydrogen) atoms. The molecule has 0 fully saturated rings. The highest BCUT2D eigenvalue weighted by molar-refractivity contribution is 7.16. The Morgan fingerprint density at radius 3 is 2.90 bits per heavy atom. The van der Waals surface area contributed by atoms with Crippen LogP contribution in [0.15, 0.2) is 30.3 Å². The van der Waals surface area contributed by atoms with E-state index in [1.165, 1.54) is 22.3 Å². The first-order valence-corrected chi connectivity index (χ1v) is 9.69. The van der Waals surface area contributed by atoms with Crippen molar-refractivity contribution in [3.63, 3.8) is 0 Å². The number of carbonyl (C=O) groups is 2. The fourth-order valence-electron chi connectivity index (χ4n) is 3.00. The van der Waals surface area contributed by atoms with Crippen LogP contribution in [0, 0.1) is 11.3 Å². The van der Waals surface area contributed by atoms with Crippen LogP contribution in [-0.4, -0.2) is 46.9 Å². The van der Waals surface area contributed by atoms with Gasteiger partial charge in [-0.15, -0.1) is 11.3 Å². The fourth-order valence-corrected chi connectivity index (χ4v) is 4.21. The Balaban J connectivity index is 1.74. The molecule has 1 aromatic carbocycles. The van der Waals surface area contributed by atoms with Gasteiger partial charge in [0.25, 0.3) is 0 Å². The third kappa shape index (κ3) is 4.74. The van der Waals surface area contributed by atoms with Gasteiger partial charge in [0, 0.05) is 23.1 Å². The van der Waals surface area contributed by atoms with Crippen molar-refractivity contribution in [1.29, 1.82) is 5.26 Å². The smallest absolute Gasteiger partial charge is 0.407 e. The van der Waals surface area contributed by atoms with Crippen molar-refractivity contribution in [3.05, 3.63) is 51.9 Å². The summed E-state index contributed by atoms with van der Waals surface area (Å²) in [5.41, 5.74) is 1.87. The van der Waals surface area contributed by atoms with Gasteiger partial charge in [-0.25, -0.2) is 4.79 Å². The Bertz CT molecular complexity index is 992. The number of anilines is 1. The third-order valence-corrected chi connectivity index (χ3v) is 5.49. The number of nitriles is 1. The van der Waals surface area contributed by atoms with Crippen molar-refractivity contribution in [2.45, 2.75) is 13.0 Å². The van der Waals surface area contributed by atoms with Crippen LogP contribution < -0.4 is 10.1 Å². The van der Waals surface area contributed by atoms with E-state index in [0.717, 1.165) is 10.4 Å². The molecule has 0 radical (unpaired) electrons. The molecule has 0 spiro atoms. The Morgan fingerprint density at radius 2 is 2.17 bits per heavy atom. The Kier molecular flexibility index (Phi) is 6.49. The highest BCUT2D eigenvalue weighted by Crippen LogP contribution is 2.36. The molecule has 0 aliphatic carbocycles. The standard InChI is InChI=1S/C20H19N3O5S/c21-11-15-14-7-8-23(20(26)27)12-17(14)29-19(15)22-18(25)6-5-13-3-1-2-4-16(13)28-10-9-24/h1-6,24H,7-10,12H2,(H,22,25)(H,26,27). The predicted octanol–water partition coefficient (Wildman–Crippen LogP) is 2.68. The van der Waals surface area contributed by atoms with Gasteiger partial charge in [-0.3, -0.25) is 4.79 Å². The van der Waals surface area contributed by atoms with E-state index < -0.39 is 12.0 Å². The van der Waals surface area contributed by atoms with Crippen LogP contribution in [0.3, 0.4) is 0 Å². The van der Waals surface area contributed by atoms with Gasteiger partial charge in [0.1, 0.15) is 23.4 Å². The van der Waals surface area contributed by atoms with Crippen LogP contribution in [0.2, 0.25) is 0 Å². The molecule has 1 aliphatic heterocycles. The number of amides is 2. The monoisotopic (exact) mass is 413 g/mol. The van der Waals surface area contributed by atoms with E-state index in [1.54, 1.807) is 30.3 Å². The molecule has 0 bridgehead atoms. The first-order valence-electron chi connectivity index (χ1n) is 8.87. The summed E-state index contributed by atoms with van der Waals surface area (Å²) in [6, 6.07) is 9.23. The van der Waals surface area contributed by atoms with Crippen molar-refractivity contribution in [2.24, 2.45) is 0 Å². The quantitative estimate of drug-likeness (QED) is 0.626. The average molecular weight is 413 g/mol. The van der Waals surface area contributed by atoms with Crippen LogP contribution >= 0.6 is 11.3 Å². The molecule has 3 N–H and O–H groups in total. The molecule has 0 unspecified atom stereocenters. The summed E-state index contributed by atoms with van der Waals surface area (Å²) in [5.74, 6) is 0.135. The van der Waals surface area contributed by atoms with E-state index in [0.29, 0.717) is 34.8 Å². The second kappa shape index (κ2) is 9.23. The molecule has 2 heterocycles. The van der Waals surface area contributed by atoms with Gasteiger partial charge in [-0.1, -0.05) is 18.2 Å². The molecule has 0 saturated carbocycles. The van der Waals surface area contributed by atoms with Crippen molar-refractivity contribution in [1.82, 2.24) is 4.90 Å². The van der Waals surface area contributed by atoms with Crippen molar-refractivity contribution < 1.29 is 24.5 Å². The van der Waals surface area contributed by atoms with Crippen molar-refractivity contribution in [2.75, 3.05) is 25.1 Å². The van der Waals surface area contributed by atoms with Crippen LogP contribution in [0.5, 0.6) is 5.75 Å². The number of nitrogens with zero attached hydrogens (tertiary/aromatic N) is 2. The van der Waals surface area contributed by atoms with E-state index in [9.17, 15) is 14.9 Å². The highest BCUT2D eigenvalue weighted by atomic mass is 32.1. The topological polar surface area (TPSA) is 123 Å². The van der Waals surface area contributed by atoms with E-state index >= 15 is 0 Å². The average Bonchev–Trinajstić information content (AvgIpc) is 3.07. The molecule has 150 valence electrons. The molecular weight excluding hydrogens is 394 g/mol. The molecule has 9 heteroatoms. The van der Waals surface area contributed by atoms with E-state index in [-0.39, 0.29) is 19.8 Å². The molecular formula is C20H19N3O5S. The summed E-state index contributed by atoms with van der Waals surface area (Å²) in [4.78, 5) is 25.6. The molecule has 3 rings (SSSR count). The summed E-state index contributed by atoms with van der Waals surface area (Å²) in [6.07, 6.45) is 2.37. The largest absolute Gasteiger partial charge is 0.491 e. The minimum atomic E-state index is -1.00. The number of benzene rings is 1. The summed E-state index contributed by atoms with van der Waals surface area (Å²) < 4.78 is 5.43. The fraction of sp³-hybridized carbons (Fsp3) is 0.250. The normalized spacial score (nSPS) is 13.0. The number of aliphatic hydroxyl groups is 1. The molecule has 0 saturated heterocycles. The number of carbonyl (C=O) groups excluding carboxylic acids is 1. The second-order valence-corrected chi connectivity index (χ2v) is 7.31. The molecule has 8 nitrogen and oxygen atoms in total. The van der Waals surface area contributed by atoms with Gasteiger partial charge >= 0.3 is 6.09 Å². The van der Waals surface area contributed by atoms with Gasteiger partial charge in [-0.2, -0.15) is 5.26 Å². The Morgan fingerprint density at radius 1 is 1.38 bits per heavy atom. The Labute approximate surface area is 171 Å². The number of rotatable bonds is 6. The number of ether oxygens (including phenoxy) is 1. The second-order valence-electron chi connectivity index (χ2n) is 6.21. The zero-order valence-corrected chi connectivity index (χ0v) is 16.2. The minimum Gasteiger partial charge on any atom is -0.491 e. The molecule has 2 amide bonds. The molecule has 1 aliphatic rings. The lowest BCUT2D eigenvalue weighted by Crippen LogP contribution is -2.34. The number of para-hydroxylation sites is 1. The van der Waals surface area contributed by atoms with Crippen LogP contribution in [-0.2, 0) is 17.8 Å². The SMILES string of the molecule is N#Cc1c(NC(=O)C=Cc2ccccc2OCCO)sc2c1CCN(C(=O)O)C2. The zero-order chi connectivity index (χ0) is 20.8. The lowest BCUT2D eigenvalue weighted by molar-refractivity contribution is -0.111. The number of thiophene rings is 1. The summed E-state index contributed by atoms with van der Waals surface area (Å²) in [5, 5.41) is 30.7. The number of hydrogen-bond acceptors (Lipinski definition) is 6. The number of nitrogens with one attached hydrogen (secondary N) is 1. The highest BCUT2D eigenvalue weighted by Gasteiger charge is 2.27. The van der Waals surface area contributed by atoms with Crippen LogP contribution in [0.1, 0.15) is 21.6 Å². The summed E-state index contributed by atoms with van der Waals surface area (Å²) in [7, 11) is 0. The minimum absolute atomic E-state index is 0.113. The summed E-state index contributed by atoms with van der Waals surface area (Å²) >= 11 is 1.23. The first-order chi connectivity index (χ1) is 14.0. The number of fused-ring (bicyclic) bond motifs is 1. The van der Waals surface area contributed by atoms with E-state index in [4.69, 9.17) is 14.9 Å². The summed E-state index contributed by atoms with van der Waals surface area (Å²) in [6.45, 7) is 0.575. The zero-order valence-electron chi connectivity index (χ0n) is 15.4. The van der Waals surface area contributed by atoms with E-state index in [1.807, 2.05) is 0 Å². The Hall–Kier alpha value is -3.35. The lowest BCUT2D eigenvalue weighted by atomic mass is 10.0. The maximum Gasteiger partial charge on any atom is 0.407 e. The van der Waals surface area contributed by atoms with E-state index in [2.05, 4.69) is 11.4 Å². The van der Waals surface area contributed by atoms with Gasteiger partial charge in [0.2, 0.25) is 5.91 Å². The maximum atomic E-state index is 12.4. The molecule has 2 aromatic rings. The number of hydrogen-bond donors (Lipinski definition) is 3. The first kappa shape index (κ1) is 20.4. The van der Waals surface area contributed by atoms with Crippen molar-refractivity contribution in [3.8, 4) is 11.8 Å². The molecule has 0 atom stereocenters. The van der Waals surface area contributed by atoms with Gasteiger partial charge < -0.3 is 25.2 Å². The lowest BCUT2D eigenvalue weighted by Gasteiger charge is -2.23. The molecule has 1 aromatic heterocycles. The van der Waals surface area contributed by atoms with Crippen LogP contribution in [0.4, 0.5) is 9.80 Å². The van der Waals surface area contributed by atoms with Gasteiger partial charge in [-0.05, 0) is 24.1 Å².